The average molecular weight is 290 g/mol. The molecule has 114 valence electrons. The molecule has 1 heterocycles. The Labute approximate surface area is 124 Å². The minimum absolute atomic E-state index is 0.0525. The first-order valence-electron chi connectivity index (χ1n) is 7.56. The molecule has 21 heavy (non-hydrogen) atoms. The first-order valence-corrected chi connectivity index (χ1v) is 7.56. The van der Waals surface area contributed by atoms with Crippen molar-refractivity contribution in [3.05, 3.63) is 23.8 Å². The summed E-state index contributed by atoms with van der Waals surface area (Å²) < 4.78 is 11.0. The Balaban J connectivity index is 1.54. The van der Waals surface area contributed by atoms with Gasteiger partial charge in [-0.15, -0.1) is 0 Å². The third-order valence-electron chi connectivity index (χ3n) is 4.48. The van der Waals surface area contributed by atoms with Gasteiger partial charge in [0.05, 0.1) is 0 Å². The van der Waals surface area contributed by atoms with E-state index in [1.165, 1.54) is 6.42 Å². The van der Waals surface area contributed by atoms with Crippen LogP contribution in [0.4, 0.5) is 0 Å². The normalized spacial score (nSPS) is 18.7. The van der Waals surface area contributed by atoms with Crippen molar-refractivity contribution in [3.63, 3.8) is 0 Å². The van der Waals surface area contributed by atoms with Crippen LogP contribution < -0.4 is 20.5 Å². The summed E-state index contributed by atoms with van der Waals surface area (Å²) in [5.41, 5.74) is 6.86. The van der Waals surface area contributed by atoms with Crippen LogP contribution in [0.15, 0.2) is 18.2 Å². The Kier molecular flexibility index (Phi) is 4.01. The van der Waals surface area contributed by atoms with E-state index in [4.69, 9.17) is 15.2 Å². The van der Waals surface area contributed by atoms with Crippen molar-refractivity contribution in [2.24, 2.45) is 11.1 Å². The minimum Gasteiger partial charge on any atom is -0.486 e. The molecular weight excluding hydrogens is 268 g/mol. The second-order valence-electron chi connectivity index (χ2n) is 5.99. The minimum atomic E-state index is 0.0525. The van der Waals surface area contributed by atoms with Crippen LogP contribution in [0.2, 0.25) is 0 Å². The molecule has 3 rings (SSSR count). The molecule has 1 amide bonds. The van der Waals surface area contributed by atoms with Gasteiger partial charge >= 0.3 is 0 Å². The number of nitrogens with two attached hydrogens (primary N) is 1. The first kappa shape index (κ1) is 14.2. The van der Waals surface area contributed by atoms with Crippen LogP contribution in [0.1, 0.15) is 31.2 Å². The summed E-state index contributed by atoms with van der Waals surface area (Å²) in [4.78, 5) is 12.0. The summed E-state index contributed by atoms with van der Waals surface area (Å²) in [5.74, 6) is 1.60. The quantitative estimate of drug-likeness (QED) is 0.863. The molecule has 5 heteroatoms. The molecule has 0 unspecified atom stereocenters. The highest BCUT2D eigenvalue weighted by molar-refractivity contribution is 5.76. The van der Waals surface area contributed by atoms with Gasteiger partial charge in [-0.3, -0.25) is 4.79 Å². The fraction of sp³-hybridized carbons (Fsp3) is 0.562. The number of fused-ring (bicyclic) bond motifs is 1. The number of amides is 1. The monoisotopic (exact) mass is 290 g/mol. The smallest absolute Gasteiger partial charge is 0.220 e. The summed E-state index contributed by atoms with van der Waals surface area (Å²) >= 11 is 0. The molecule has 0 spiro atoms. The van der Waals surface area contributed by atoms with Crippen molar-refractivity contribution >= 4 is 5.91 Å². The number of ether oxygens (including phenoxy) is 2. The number of hydrogen-bond acceptors (Lipinski definition) is 4. The van der Waals surface area contributed by atoms with Crippen molar-refractivity contribution in [1.82, 2.24) is 5.32 Å². The summed E-state index contributed by atoms with van der Waals surface area (Å²) in [6, 6.07) is 5.77. The lowest BCUT2D eigenvalue weighted by atomic mass is 9.66. The van der Waals surface area contributed by atoms with Crippen molar-refractivity contribution < 1.29 is 14.3 Å². The molecule has 1 aliphatic carbocycles. The van der Waals surface area contributed by atoms with E-state index in [-0.39, 0.29) is 11.3 Å². The van der Waals surface area contributed by atoms with E-state index in [2.05, 4.69) is 5.32 Å². The molecule has 0 radical (unpaired) electrons. The molecule has 1 saturated carbocycles. The summed E-state index contributed by atoms with van der Waals surface area (Å²) in [6.45, 7) is 2.27. The van der Waals surface area contributed by atoms with Crippen molar-refractivity contribution in [2.75, 3.05) is 19.8 Å². The zero-order valence-corrected chi connectivity index (χ0v) is 12.2. The highest BCUT2D eigenvalue weighted by Crippen LogP contribution is 2.42. The molecular formula is C16H22N2O3. The Morgan fingerprint density at radius 1 is 1.24 bits per heavy atom. The number of carbonyl (C=O) groups excluding carboxylic acids is 1. The third kappa shape index (κ3) is 3.13. The Morgan fingerprint density at radius 2 is 2.00 bits per heavy atom. The van der Waals surface area contributed by atoms with Gasteiger partial charge in [0.2, 0.25) is 5.91 Å². The largest absolute Gasteiger partial charge is 0.486 e. The predicted molar refractivity (Wildman–Crippen MR) is 79.2 cm³/mol. The lowest BCUT2D eigenvalue weighted by molar-refractivity contribution is -0.124. The highest BCUT2D eigenvalue weighted by Gasteiger charge is 2.37. The lowest BCUT2D eigenvalue weighted by Crippen LogP contribution is -2.41. The summed E-state index contributed by atoms with van der Waals surface area (Å²) in [7, 11) is 0. The predicted octanol–water partition coefficient (Wildman–Crippen LogP) is 1.59. The van der Waals surface area contributed by atoms with E-state index < -0.39 is 0 Å². The lowest BCUT2D eigenvalue weighted by Gasteiger charge is -2.40. The van der Waals surface area contributed by atoms with E-state index in [0.29, 0.717) is 32.7 Å². The zero-order valence-electron chi connectivity index (χ0n) is 12.2. The molecule has 1 aromatic carbocycles. The first-order chi connectivity index (χ1) is 10.2. The van der Waals surface area contributed by atoms with E-state index in [1.54, 1.807) is 0 Å². The van der Waals surface area contributed by atoms with E-state index in [0.717, 1.165) is 29.9 Å². The molecule has 0 atom stereocenters. The molecule has 0 aromatic heterocycles. The molecule has 2 aliphatic rings. The Hall–Kier alpha value is -1.75. The fourth-order valence-electron chi connectivity index (χ4n) is 2.93. The number of carbonyl (C=O) groups is 1. The van der Waals surface area contributed by atoms with Gasteiger partial charge < -0.3 is 20.5 Å². The maximum atomic E-state index is 12.0. The number of nitrogens with one attached hydrogen (secondary N) is 1. The van der Waals surface area contributed by atoms with Gasteiger partial charge in [-0.2, -0.15) is 0 Å². The van der Waals surface area contributed by atoms with Gasteiger partial charge in [-0.1, -0.05) is 12.5 Å². The van der Waals surface area contributed by atoms with Gasteiger partial charge in [-0.05, 0) is 42.5 Å². The van der Waals surface area contributed by atoms with Gasteiger partial charge in [0.15, 0.2) is 11.5 Å². The van der Waals surface area contributed by atoms with Crippen LogP contribution >= 0.6 is 0 Å². The van der Waals surface area contributed by atoms with E-state index in [9.17, 15) is 4.79 Å². The maximum absolute atomic E-state index is 12.0. The average Bonchev–Trinajstić information content (AvgIpc) is 2.48. The number of rotatable bonds is 5. The van der Waals surface area contributed by atoms with Crippen LogP contribution in [0.25, 0.3) is 0 Å². The molecule has 0 saturated heterocycles. The van der Waals surface area contributed by atoms with Gasteiger partial charge in [0, 0.05) is 13.0 Å². The van der Waals surface area contributed by atoms with Gasteiger partial charge in [-0.25, -0.2) is 0 Å². The molecule has 1 aromatic rings. The SMILES string of the molecule is NCC1(CC(=O)NCc2ccc3c(c2)OCCO3)CCC1. The standard InChI is InChI=1S/C16H22N2O3/c17-11-16(4-1-5-16)9-15(19)18-10-12-2-3-13-14(8-12)21-7-6-20-13/h2-3,8H,1,4-7,9-11,17H2,(H,18,19). The summed E-state index contributed by atoms with van der Waals surface area (Å²) in [6.07, 6.45) is 3.86. The van der Waals surface area contributed by atoms with Crippen LogP contribution in [0, 0.1) is 5.41 Å². The van der Waals surface area contributed by atoms with Gasteiger partial charge in [0.1, 0.15) is 13.2 Å². The molecule has 1 aliphatic heterocycles. The number of benzene rings is 1. The van der Waals surface area contributed by atoms with Crippen molar-refractivity contribution in [1.29, 1.82) is 0 Å². The highest BCUT2D eigenvalue weighted by atomic mass is 16.6. The fourth-order valence-corrected chi connectivity index (χ4v) is 2.93. The molecule has 1 fully saturated rings. The molecule has 5 nitrogen and oxygen atoms in total. The van der Waals surface area contributed by atoms with Gasteiger partial charge in [0.25, 0.3) is 0 Å². The molecule has 3 N–H and O–H groups in total. The second kappa shape index (κ2) is 5.93. The zero-order chi connectivity index (χ0) is 14.7. The number of hydrogen-bond donors (Lipinski definition) is 2. The Morgan fingerprint density at radius 3 is 2.67 bits per heavy atom. The van der Waals surface area contributed by atoms with Crippen LogP contribution in [-0.2, 0) is 11.3 Å². The summed E-state index contributed by atoms with van der Waals surface area (Å²) in [5, 5.41) is 2.97. The van der Waals surface area contributed by atoms with Crippen LogP contribution in [0.5, 0.6) is 11.5 Å². The molecule has 0 bridgehead atoms. The second-order valence-corrected chi connectivity index (χ2v) is 5.99. The topological polar surface area (TPSA) is 73.6 Å². The van der Waals surface area contributed by atoms with Crippen molar-refractivity contribution in [3.8, 4) is 11.5 Å². The van der Waals surface area contributed by atoms with E-state index in [1.807, 2.05) is 18.2 Å². The Bertz CT molecular complexity index is 521. The maximum Gasteiger partial charge on any atom is 0.220 e. The van der Waals surface area contributed by atoms with E-state index >= 15 is 0 Å². The van der Waals surface area contributed by atoms with Crippen LogP contribution in [0.3, 0.4) is 0 Å². The van der Waals surface area contributed by atoms with Crippen LogP contribution in [-0.4, -0.2) is 25.7 Å². The third-order valence-corrected chi connectivity index (χ3v) is 4.48. The van der Waals surface area contributed by atoms with Crippen molar-refractivity contribution in [2.45, 2.75) is 32.2 Å².